The van der Waals surface area contributed by atoms with E-state index < -0.39 is 23.1 Å². The maximum Gasteiger partial charge on any atom is 0.412 e. The van der Waals surface area contributed by atoms with E-state index in [2.05, 4.69) is 10.3 Å². The number of nitrogens with zero attached hydrogens (tertiary/aromatic N) is 4. The molecule has 1 saturated heterocycles. The van der Waals surface area contributed by atoms with Gasteiger partial charge in [0.05, 0.1) is 37.2 Å². The summed E-state index contributed by atoms with van der Waals surface area (Å²) in [6, 6.07) is 4.25. The van der Waals surface area contributed by atoms with Gasteiger partial charge in [0.2, 0.25) is 11.8 Å². The Morgan fingerprint density at radius 2 is 2.03 bits per heavy atom. The zero-order chi connectivity index (χ0) is 27.8. The number of amides is 2. The van der Waals surface area contributed by atoms with E-state index in [9.17, 15) is 9.59 Å². The predicted octanol–water partition coefficient (Wildman–Crippen LogP) is 4.49. The van der Waals surface area contributed by atoms with Crippen LogP contribution in [-0.2, 0) is 9.47 Å². The van der Waals surface area contributed by atoms with Crippen LogP contribution < -0.4 is 15.0 Å². The van der Waals surface area contributed by atoms with Crippen molar-refractivity contribution < 1.29 is 28.2 Å². The molecule has 1 aromatic heterocycles. The lowest BCUT2D eigenvalue weighted by atomic mass is 10.0. The number of hydrogen-bond acceptors (Lipinski definition) is 8. The molecule has 2 aliphatic heterocycles. The van der Waals surface area contributed by atoms with Gasteiger partial charge in [-0.1, -0.05) is 6.07 Å². The van der Waals surface area contributed by atoms with Crippen molar-refractivity contribution in [3.8, 4) is 17.1 Å². The van der Waals surface area contributed by atoms with Crippen LogP contribution in [0.3, 0.4) is 0 Å². The number of carbonyl (C=O) groups excluding carboxylic acids is 2. The van der Waals surface area contributed by atoms with Crippen LogP contribution in [0.1, 0.15) is 58.8 Å². The number of ether oxygens (including phenoxy) is 3. The Kier molecular flexibility index (Phi) is 7.51. The first-order valence-corrected chi connectivity index (χ1v) is 12.8. The standard InChI is InChI=1S/C27H36FN5O5/c1-8-32-15-27(6,7)37-22-20(23(32)34)21(30-24(31-22)33-11-12-36-14-16(33)2)17-9-10-19(18(28)13-17)29-25(35)38-26(3,4)5/h9-10,13,16H,8,11-12,14-15H2,1-7H3,(H,29,35). The summed E-state index contributed by atoms with van der Waals surface area (Å²) in [5.74, 6) is -0.455. The Hall–Kier alpha value is -3.47. The van der Waals surface area contributed by atoms with E-state index in [-0.39, 0.29) is 34.8 Å². The third-order valence-electron chi connectivity index (χ3n) is 6.19. The molecule has 206 valence electrons. The summed E-state index contributed by atoms with van der Waals surface area (Å²) in [7, 11) is 0. The minimum atomic E-state index is -0.770. The average Bonchev–Trinajstić information content (AvgIpc) is 2.91. The highest BCUT2D eigenvalue weighted by Crippen LogP contribution is 2.37. The molecular formula is C27H36FN5O5. The quantitative estimate of drug-likeness (QED) is 0.618. The monoisotopic (exact) mass is 529 g/mol. The molecule has 1 unspecified atom stereocenters. The molecular weight excluding hydrogens is 493 g/mol. The van der Waals surface area contributed by atoms with Crippen molar-refractivity contribution in [2.24, 2.45) is 0 Å². The van der Waals surface area contributed by atoms with E-state index in [4.69, 9.17) is 19.2 Å². The lowest BCUT2D eigenvalue weighted by Gasteiger charge is -2.34. The largest absolute Gasteiger partial charge is 0.469 e. The molecule has 2 aromatic rings. The zero-order valence-corrected chi connectivity index (χ0v) is 23.1. The van der Waals surface area contributed by atoms with E-state index in [1.54, 1.807) is 31.7 Å². The van der Waals surface area contributed by atoms with Gasteiger partial charge in [-0.15, -0.1) is 0 Å². The Bertz CT molecular complexity index is 1230. The van der Waals surface area contributed by atoms with Gasteiger partial charge in [-0.3, -0.25) is 10.1 Å². The summed E-state index contributed by atoms with van der Waals surface area (Å²) in [6.07, 6.45) is -0.770. The van der Waals surface area contributed by atoms with Crippen molar-refractivity contribution >= 4 is 23.6 Å². The molecule has 0 radical (unpaired) electrons. The molecule has 2 aliphatic rings. The molecule has 1 atom stereocenters. The Balaban J connectivity index is 1.82. The first-order valence-electron chi connectivity index (χ1n) is 12.8. The van der Waals surface area contributed by atoms with E-state index in [0.717, 1.165) is 0 Å². The van der Waals surface area contributed by atoms with Crippen LogP contribution in [0, 0.1) is 5.82 Å². The smallest absolute Gasteiger partial charge is 0.412 e. The minimum absolute atomic E-state index is 0.00609. The number of fused-ring (bicyclic) bond motifs is 1. The van der Waals surface area contributed by atoms with E-state index in [1.807, 2.05) is 32.6 Å². The third-order valence-corrected chi connectivity index (χ3v) is 6.19. The van der Waals surface area contributed by atoms with Gasteiger partial charge < -0.3 is 24.0 Å². The van der Waals surface area contributed by atoms with Gasteiger partial charge in [0.25, 0.3) is 5.91 Å². The second kappa shape index (κ2) is 10.4. The molecule has 1 aromatic carbocycles. The van der Waals surface area contributed by atoms with Crippen LogP contribution >= 0.6 is 0 Å². The van der Waals surface area contributed by atoms with Gasteiger partial charge in [-0.05, 0) is 60.6 Å². The number of halogens is 1. The van der Waals surface area contributed by atoms with Crippen LogP contribution in [0.2, 0.25) is 0 Å². The van der Waals surface area contributed by atoms with Crippen LogP contribution in [0.25, 0.3) is 11.3 Å². The maximum atomic E-state index is 15.3. The van der Waals surface area contributed by atoms with Crippen LogP contribution in [0.5, 0.6) is 5.88 Å². The average molecular weight is 530 g/mol. The Morgan fingerprint density at radius 3 is 2.66 bits per heavy atom. The van der Waals surface area contributed by atoms with E-state index in [1.165, 1.54) is 12.1 Å². The number of hydrogen-bond donors (Lipinski definition) is 1. The van der Waals surface area contributed by atoms with Gasteiger partial charge >= 0.3 is 6.09 Å². The highest BCUT2D eigenvalue weighted by atomic mass is 19.1. The highest BCUT2D eigenvalue weighted by molar-refractivity contribution is 6.03. The first kappa shape index (κ1) is 27.6. The number of likely N-dealkylation sites (N-methyl/N-ethyl adjacent to an activating group) is 1. The van der Waals surface area contributed by atoms with Gasteiger partial charge in [-0.2, -0.15) is 4.98 Å². The predicted molar refractivity (Wildman–Crippen MR) is 141 cm³/mol. The Labute approximate surface area is 222 Å². The molecule has 11 heteroatoms. The lowest BCUT2D eigenvalue weighted by molar-refractivity contribution is 0.0541. The molecule has 0 saturated carbocycles. The molecule has 3 heterocycles. The lowest BCUT2D eigenvalue weighted by Crippen LogP contribution is -2.44. The molecule has 0 aliphatic carbocycles. The molecule has 38 heavy (non-hydrogen) atoms. The Morgan fingerprint density at radius 1 is 1.29 bits per heavy atom. The number of aromatic nitrogens is 2. The van der Waals surface area contributed by atoms with Gasteiger partial charge in [-0.25, -0.2) is 14.2 Å². The normalized spacial score (nSPS) is 19.4. The van der Waals surface area contributed by atoms with Crippen molar-refractivity contribution in [1.82, 2.24) is 14.9 Å². The van der Waals surface area contributed by atoms with Crippen molar-refractivity contribution in [2.75, 3.05) is 43.1 Å². The molecule has 0 spiro atoms. The summed E-state index contributed by atoms with van der Waals surface area (Å²) < 4.78 is 32.3. The minimum Gasteiger partial charge on any atom is -0.469 e. The molecule has 4 rings (SSSR count). The van der Waals surface area contributed by atoms with Gasteiger partial charge in [0.15, 0.2) is 0 Å². The van der Waals surface area contributed by atoms with Crippen LogP contribution in [-0.4, -0.2) is 77.0 Å². The first-order chi connectivity index (χ1) is 17.8. The van der Waals surface area contributed by atoms with E-state index >= 15 is 4.39 Å². The summed E-state index contributed by atoms with van der Waals surface area (Å²) in [5, 5.41) is 2.43. The molecule has 10 nitrogen and oxygen atoms in total. The highest BCUT2D eigenvalue weighted by Gasteiger charge is 2.38. The fourth-order valence-corrected chi connectivity index (χ4v) is 4.47. The molecule has 1 N–H and O–H groups in total. The zero-order valence-electron chi connectivity index (χ0n) is 23.1. The SMILES string of the molecule is CCN1CC(C)(C)Oc2nc(N3CCOCC3C)nc(-c3ccc(NC(=O)OC(C)(C)C)c(F)c3)c2C1=O. The van der Waals surface area contributed by atoms with Crippen molar-refractivity contribution in [1.29, 1.82) is 0 Å². The summed E-state index contributed by atoms with van der Waals surface area (Å²) in [4.78, 5) is 39.0. The maximum absolute atomic E-state index is 15.3. The number of anilines is 2. The number of nitrogens with one attached hydrogen (secondary N) is 1. The summed E-state index contributed by atoms with van der Waals surface area (Å²) in [5.41, 5.74) is -0.703. The van der Waals surface area contributed by atoms with Crippen molar-refractivity contribution in [3.05, 3.63) is 29.6 Å². The number of rotatable bonds is 4. The number of carbonyl (C=O) groups is 2. The molecule has 2 amide bonds. The fraction of sp³-hybridized carbons (Fsp3) is 0.556. The van der Waals surface area contributed by atoms with Gasteiger partial charge in [0.1, 0.15) is 22.6 Å². The summed E-state index contributed by atoms with van der Waals surface area (Å²) >= 11 is 0. The van der Waals surface area contributed by atoms with Crippen molar-refractivity contribution in [2.45, 2.75) is 65.7 Å². The fourth-order valence-electron chi connectivity index (χ4n) is 4.47. The third kappa shape index (κ3) is 5.98. The van der Waals surface area contributed by atoms with Crippen LogP contribution in [0.4, 0.5) is 20.8 Å². The number of benzene rings is 1. The molecule has 1 fully saturated rings. The van der Waals surface area contributed by atoms with Crippen molar-refractivity contribution in [3.63, 3.8) is 0 Å². The number of morpholine rings is 1. The second-order valence-electron chi connectivity index (χ2n) is 11.2. The topological polar surface area (TPSA) is 106 Å². The van der Waals surface area contributed by atoms with Gasteiger partial charge in [0, 0.05) is 18.7 Å². The second-order valence-corrected chi connectivity index (χ2v) is 11.2. The van der Waals surface area contributed by atoms with E-state index in [0.29, 0.717) is 44.4 Å². The summed E-state index contributed by atoms with van der Waals surface area (Å²) in [6.45, 7) is 15.2. The molecule has 0 bridgehead atoms. The van der Waals surface area contributed by atoms with Crippen LogP contribution in [0.15, 0.2) is 18.2 Å².